The number of carbonyl (C=O) groups excluding carboxylic acids is 1. The third kappa shape index (κ3) is 6.98. The average molecular weight is 461 g/mol. The van der Waals surface area contributed by atoms with Crippen molar-refractivity contribution in [2.75, 3.05) is 51.3 Å². The number of carbonyl (C=O) groups is 1. The fraction of sp³-hybridized carbons (Fsp3) is 0.565. The van der Waals surface area contributed by atoms with E-state index in [1.165, 1.54) is 6.08 Å². The van der Waals surface area contributed by atoms with Gasteiger partial charge in [0.25, 0.3) is 5.91 Å². The van der Waals surface area contributed by atoms with Crippen molar-refractivity contribution in [3.63, 3.8) is 0 Å². The third-order valence-electron chi connectivity index (χ3n) is 5.94. The number of nitrogens with zero attached hydrogens (tertiary/aromatic N) is 2. The molecular formula is C23H32N4O6. The largest absolute Gasteiger partial charge is 0.390 e. The molecule has 5 atom stereocenters. The molecule has 0 aliphatic carbocycles. The summed E-state index contributed by atoms with van der Waals surface area (Å²) < 4.78 is 10.6. The molecule has 2 heterocycles. The van der Waals surface area contributed by atoms with Crippen LogP contribution < -0.4 is 10.6 Å². The first kappa shape index (κ1) is 25.1. The number of amides is 1. The molecule has 33 heavy (non-hydrogen) atoms. The molecule has 5 N–H and O–H groups in total. The van der Waals surface area contributed by atoms with E-state index >= 15 is 0 Å². The molecule has 1 amide bonds. The Morgan fingerprint density at radius 3 is 2.58 bits per heavy atom. The van der Waals surface area contributed by atoms with Crippen molar-refractivity contribution < 1.29 is 29.6 Å². The van der Waals surface area contributed by atoms with Crippen molar-refractivity contribution in [1.82, 2.24) is 10.2 Å². The van der Waals surface area contributed by atoms with Gasteiger partial charge in [-0.2, -0.15) is 5.26 Å². The van der Waals surface area contributed by atoms with Crippen molar-refractivity contribution >= 4 is 17.7 Å². The molecule has 2 aliphatic heterocycles. The van der Waals surface area contributed by atoms with Crippen LogP contribution in [-0.2, 0) is 14.3 Å². The zero-order chi connectivity index (χ0) is 23.8. The van der Waals surface area contributed by atoms with Crippen LogP contribution >= 0.6 is 0 Å². The Bertz CT molecular complexity index is 850. The highest BCUT2D eigenvalue weighted by molar-refractivity contribution is 6.01. The van der Waals surface area contributed by atoms with Crippen LogP contribution in [0.15, 0.2) is 29.8 Å². The van der Waals surface area contributed by atoms with Crippen LogP contribution in [0.2, 0.25) is 0 Å². The second kappa shape index (κ2) is 12.1. The maximum Gasteiger partial charge on any atom is 0.262 e. The Balaban J connectivity index is 1.49. The highest BCUT2D eigenvalue weighted by atomic mass is 16.6. The highest BCUT2D eigenvalue weighted by Crippen LogP contribution is 2.24. The molecule has 0 radical (unpaired) electrons. The second-order valence-electron chi connectivity index (χ2n) is 8.29. The third-order valence-corrected chi connectivity index (χ3v) is 5.94. The van der Waals surface area contributed by atoms with Crippen LogP contribution in [0.1, 0.15) is 12.5 Å². The minimum absolute atomic E-state index is 0.109. The van der Waals surface area contributed by atoms with Crippen LogP contribution in [0.4, 0.5) is 5.69 Å². The predicted octanol–water partition coefficient (Wildman–Crippen LogP) is -0.471. The molecule has 2 saturated heterocycles. The van der Waals surface area contributed by atoms with E-state index in [-0.39, 0.29) is 12.1 Å². The lowest BCUT2D eigenvalue weighted by Gasteiger charge is -2.39. The summed E-state index contributed by atoms with van der Waals surface area (Å²) in [6.45, 7) is 6.54. The molecule has 10 heteroatoms. The van der Waals surface area contributed by atoms with Gasteiger partial charge < -0.3 is 35.4 Å². The van der Waals surface area contributed by atoms with Gasteiger partial charge in [-0.05, 0) is 23.8 Å². The minimum atomic E-state index is -1.26. The number of nitriles is 1. The molecule has 2 fully saturated rings. The Labute approximate surface area is 193 Å². The molecule has 1 aromatic rings. The maximum atomic E-state index is 12.4. The molecule has 0 spiro atoms. The maximum absolute atomic E-state index is 12.4. The van der Waals surface area contributed by atoms with E-state index in [1.807, 2.05) is 30.3 Å². The summed E-state index contributed by atoms with van der Waals surface area (Å²) in [7, 11) is 0. The van der Waals surface area contributed by atoms with Gasteiger partial charge in [0, 0.05) is 44.3 Å². The molecule has 1 unspecified atom stereocenters. The number of rotatable bonds is 8. The van der Waals surface area contributed by atoms with E-state index in [2.05, 4.69) is 15.5 Å². The van der Waals surface area contributed by atoms with E-state index in [0.717, 1.165) is 45.1 Å². The number of morpholine rings is 1. The molecule has 0 aromatic heterocycles. The van der Waals surface area contributed by atoms with Crippen molar-refractivity contribution in [3.05, 3.63) is 35.4 Å². The van der Waals surface area contributed by atoms with Gasteiger partial charge in [-0.1, -0.05) is 19.1 Å². The van der Waals surface area contributed by atoms with Crippen molar-refractivity contribution in [1.29, 1.82) is 5.26 Å². The van der Waals surface area contributed by atoms with E-state index in [1.54, 1.807) is 6.92 Å². The lowest BCUT2D eigenvalue weighted by atomic mass is 9.92. The van der Waals surface area contributed by atoms with Gasteiger partial charge in [0.1, 0.15) is 23.9 Å². The highest BCUT2D eigenvalue weighted by Gasteiger charge is 2.41. The van der Waals surface area contributed by atoms with Crippen LogP contribution in [-0.4, -0.2) is 96.7 Å². The summed E-state index contributed by atoms with van der Waals surface area (Å²) in [5.41, 5.74) is 1.52. The number of hydrogen-bond donors (Lipinski definition) is 5. The summed E-state index contributed by atoms with van der Waals surface area (Å²) >= 11 is 0. The number of ether oxygens (including phenoxy) is 2. The predicted molar refractivity (Wildman–Crippen MR) is 121 cm³/mol. The van der Waals surface area contributed by atoms with Crippen LogP contribution in [0.5, 0.6) is 0 Å². The molecule has 3 rings (SSSR count). The van der Waals surface area contributed by atoms with E-state index in [0.29, 0.717) is 5.56 Å². The van der Waals surface area contributed by atoms with Gasteiger partial charge >= 0.3 is 0 Å². The van der Waals surface area contributed by atoms with E-state index in [9.17, 15) is 25.4 Å². The first-order chi connectivity index (χ1) is 15.9. The molecular weight excluding hydrogens is 428 g/mol. The summed E-state index contributed by atoms with van der Waals surface area (Å²) in [5.74, 6) is -1.29. The standard InChI is InChI=1S/C23H32N4O6/c1-15-20(28)21(29)19(33-23(15)31)14-26-22(30)17(13-24)12-16-2-4-18(5-3-16)25-6-7-27-8-10-32-11-9-27/h2-5,12,15,19-21,23,25,28-29,31H,6-11,14H2,1H3,(H,26,30)/b17-12+/t15-,19-,20-,21-,23?/m1/s1. The Morgan fingerprint density at radius 2 is 1.91 bits per heavy atom. The number of aliphatic hydroxyl groups is 3. The monoisotopic (exact) mass is 460 g/mol. The van der Waals surface area contributed by atoms with Gasteiger partial charge in [-0.25, -0.2) is 0 Å². The normalized spacial score (nSPS) is 28.7. The van der Waals surface area contributed by atoms with Crippen LogP contribution in [0.25, 0.3) is 6.08 Å². The van der Waals surface area contributed by atoms with Crippen LogP contribution in [0.3, 0.4) is 0 Å². The first-order valence-corrected chi connectivity index (χ1v) is 11.1. The SMILES string of the molecule is C[C@H]1C(O)O[C@H](CNC(=O)/C(C#N)=C/c2ccc(NCCN3CCOCC3)cc2)[C@@H](O)[C@@H]1O. The lowest BCUT2D eigenvalue weighted by molar-refractivity contribution is -0.258. The van der Waals surface area contributed by atoms with Gasteiger partial charge in [-0.15, -0.1) is 0 Å². The van der Waals surface area contributed by atoms with E-state index in [4.69, 9.17) is 9.47 Å². The number of anilines is 1. The van der Waals surface area contributed by atoms with Crippen LogP contribution in [0, 0.1) is 17.2 Å². The zero-order valence-electron chi connectivity index (χ0n) is 18.7. The fourth-order valence-corrected chi connectivity index (χ4v) is 3.74. The van der Waals surface area contributed by atoms with Crippen molar-refractivity contribution in [2.24, 2.45) is 5.92 Å². The quantitative estimate of drug-likeness (QED) is 0.256. The van der Waals surface area contributed by atoms with Crippen molar-refractivity contribution in [2.45, 2.75) is 31.5 Å². The Kier molecular flexibility index (Phi) is 9.20. The number of hydrogen-bond acceptors (Lipinski definition) is 9. The summed E-state index contributed by atoms with van der Waals surface area (Å²) in [4.78, 5) is 14.8. The second-order valence-corrected chi connectivity index (χ2v) is 8.29. The molecule has 0 bridgehead atoms. The summed E-state index contributed by atoms with van der Waals surface area (Å²) in [6.07, 6.45) is -3.21. The molecule has 1 aromatic carbocycles. The van der Waals surface area contributed by atoms with Gasteiger partial charge in [-0.3, -0.25) is 9.69 Å². The summed E-state index contributed by atoms with van der Waals surface area (Å²) in [5, 5.41) is 45.1. The molecule has 180 valence electrons. The Morgan fingerprint density at radius 1 is 1.21 bits per heavy atom. The summed E-state index contributed by atoms with van der Waals surface area (Å²) in [6, 6.07) is 9.26. The lowest BCUT2D eigenvalue weighted by Crippen LogP contribution is -2.56. The topological polar surface area (TPSA) is 147 Å². The zero-order valence-corrected chi connectivity index (χ0v) is 18.7. The van der Waals surface area contributed by atoms with E-state index < -0.39 is 36.4 Å². The number of aliphatic hydroxyl groups excluding tert-OH is 3. The minimum Gasteiger partial charge on any atom is -0.390 e. The first-order valence-electron chi connectivity index (χ1n) is 11.1. The van der Waals surface area contributed by atoms with Gasteiger partial charge in [0.2, 0.25) is 0 Å². The van der Waals surface area contributed by atoms with Crippen molar-refractivity contribution in [3.8, 4) is 6.07 Å². The average Bonchev–Trinajstić information content (AvgIpc) is 2.84. The molecule has 2 aliphatic rings. The fourth-order valence-electron chi connectivity index (χ4n) is 3.74. The number of benzene rings is 1. The van der Waals surface area contributed by atoms with Gasteiger partial charge in [0.15, 0.2) is 6.29 Å². The van der Waals surface area contributed by atoms with Gasteiger partial charge in [0.05, 0.1) is 19.3 Å². The Hall–Kier alpha value is -2.52. The molecule has 10 nitrogen and oxygen atoms in total. The smallest absolute Gasteiger partial charge is 0.262 e. The molecule has 0 saturated carbocycles. The number of nitrogens with one attached hydrogen (secondary N) is 2.